The summed E-state index contributed by atoms with van der Waals surface area (Å²) in [4.78, 5) is 19.3. The maximum absolute atomic E-state index is 13.8. The Hall–Kier alpha value is -3.23. The van der Waals surface area contributed by atoms with Crippen LogP contribution in [0.4, 0.5) is 14.9 Å². The van der Waals surface area contributed by atoms with Gasteiger partial charge in [-0.2, -0.15) is 10.2 Å². The fraction of sp³-hybridized carbons (Fsp3) is 0.400. The normalized spacial score (nSPS) is 19.3. The molecule has 1 saturated carbocycles. The van der Waals surface area contributed by atoms with Gasteiger partial charge < -0.3 is 10.2 Å². The number of hydrogen-bond donors (Lipinski definition) is 2. The van der Waals surface area contributed by atoms with E-state index in [0.29, 0.717) is 30.4 Å². The number of halogens is 1. The quantitative estimate of drug-likeness (QED) is 0.708. The maximum Gasteiger partial charge on any atom is 0.321 e. The number of benzene rings is 1. The predicted molar refractivity (Wildman–Crippen MR) is 104 cm³/mol. The number of urea groups is 1. The molecule has 1 saturated heterocycles. The lowest BCUT2D eigenvalue weighted by molar-refractivity contribution is 0.191. The smallest absolute Gasteiger partial charge is 0.321 e. The molecule has 8 nitrogen and oxygen atoms in total. The van der Waals surface area contributed by atoms with Crippen molar-refractivity contribution < 1.29 is 9.18 Å². The third-order valence-corrected chi connectivity index (χ3v) is 5.51. The fourth-order valence-corrected chi connectivity index (χ4v) is 3.80. The molecule has 5 rings (SSSR count). The molecule has 2 N–H and O–H groups in total. The van der Waals surface area contributed by atoms with Gasteiger partial charge in [0.15, 0.2) is 5.82 Å². The Kier molecular flexibility index (Phi) is 4.49. The SMILES string of the molecule is O=C(Nc1cc(F)ccc1-n1cccn1)N1CCCC(c2n[nH]c(C3CC3)n2)C1. The Morgan fingerprint density at radius 2 is 2.14 bits per heavy atom. The number of anilines is 1. The van der Waals surface area contributed by atoms with Crippen LogP contribution in [0.3, 0.4) is 0 Å². The van der Waals surface area contributed by atoms with Crippen molar-refractivity contribution in [2.75, 3.05) is 18.4 Å². The number of nitrogens with one attached hydrogen (secondary N) is 2. The van der Waals surface area contributed by atoms with Crippen LogP contribution in [-0.2, 0) is 0 Å². The number of nitrogens with zero attached hydrogens (tertiary/aromatic N) is 5. The first-order valence-corrected chi connectivity index (χ1v) is 9.95. The van der Waals surface area contributed by atoms with Crippen molar-refractivity contribution >= 4 is 11.7 Å². The Labute approximate surface area is 167 Å². The summed E-state index contributed by atoms with van der Waals surface area (Å²) in [6, 6.07) is 5.78. The van der Waals surface area contributed by atoms with Gasteiger partial charge in [-0.3, -0.25) is 5.10 Å². The summed E-state index contributed by atoms with van der Waals surface area (Å²) < 4.78 is 15.4. The molecule has 29 heavy (non-hydrogen) atoms. The molecule has 3 heterocycles. The minimum absolute atomic E-state index is 0.108. The highest BCUT2D eigenvalue weighted by Gasteiger charge is 2.31. The Balaban J connectivity index is 1.31. The number of likely N-dealkylation sites (tertiary alicyclic amines) is 1. The molecule has 0 radical (unpaired) electrons. The molecule has 2 aliphatic rings. The number of aromatic amines is 1. The maximum atomic E-state index is 13.8. The average Bonchev–Trinajstić information content (AvgIpc) is 3.23. The van der Waals surface area contributed by atoms with Crippen LogP contribution in [0, 0.1) is 5.82 Å². The van der Waals surface area contributed by atoms with Gasteiger partial charge in [-0.25, -0.2) is 18.9 Å². The van der Waals surface area contributed by atoms with Gasteiger partial charge in [-0.1, -0.05) is 0 Å². The third-order valence-electron chi connectivity index (χ3n) is 5.51. The number of piperidine rings is 1. The van der Waals surface area contributed by atoms with E-state index in [1.165, 1.54) is 25.0 Å². The van der Waals surface area contributed by atoms with Crippen LogP contribution in [0.2, 0.25) is 0 Å². The van der Waals surface area contributed by atoms with E-state index < -0.39 is 5.82 Å². The standard InChI is InChI=1S/C20H22FN7O/c21-15-6-7-17(28-10-2-8-22-28)16(11-15)23-20(29)27-9-1-3-14(12-27)19-24-18(25-26-19)13-4-5-13/h2,6-8,10-11,13-14H,1,3-5,9,12H2,(H,23,29)(H,24,25,26). The highest BCUT2D eigenvalue weighted by atomic mass is 19.1. The largest absolute Gasteiger partial charge is 0.324 e. The topological polar surface area (TPSA) is 91.7 Å². The van der Waals surface area contributed by atoms with Crippen molar-refractivity contribution in [3.8, 4) is 5.69 Å². The van der Waals surface area contributed by atoms with Crippen molar-refractivity contribution in [2.45, 2.75) is 37.5 Å². The zero-order valence-corrected chi connectivity index (χ0v) is 15.9. The van der Waals surface area contributed by atoms with Gasteiger partial charge in [0.2, 0.25) is 0 Å². The van der Waals surface area contributed by atoms with E-state index in [1.54, 1.807) is 34.1 Å². The summed E-state index contributed by atoms with van der Waals surface area (Å²) in [5, 5.41) is 14.5. The lowest BCUT2D eigenvalue weighted by Gasteiger charge is -2.31. The van der Waals surface area contributed by atoms with Crippen LogP contribution < -0.4 is 5.32 Å². The first kappa shape index (κ1) is 17.8. The van der Waals surface area contributed by atoms with Gasteiger partial charge in [0.1, 0.15) is 11.6 Å². The molecular formula is C20H22FN7O. The van der Waals surface area contributed by atoms with Crippen LogP contribution in [-0.4, -0.2) is 49.0 Å². The molecule has 150 valence electrons. The number of aromatic nitrogens is 5. The summed E-state index contributed by atoms with van der Waals surface area (Å²) >= 11 is 0. The molecule has 1 aromatic carbocycles. The molecule has 1 unspecified atom stereocenters. The summed E-state index contributed by atoms with van der Waals surface area (Å²) in [6.07, 6.45) is 7.54. The summed E-state index contributed by atoms with van der Waals surface area (Å²) in [6.45, 7) is 1.19. The number of carbonyl (C=O) groups is 1. The summed E-state index contributed by atoms with van der Waals surface area (Å²) in [5.41, 5.74) is 0.996. The monoisotopic (exact) mass is 395 g/mol. The molecule has 0 bridgehead atoms. The van der Waals surface area contributed by atoms with Crippen molar-refractivity contribution in [1.29, 1.82) is 0 Å². The van der Waals surface area contributed by atoms with Crippen molar-refractivity contribution in [2.24, 2.45) is 0 Å². The third kappa shape index (κ3) is 3.72. The van der Waals surface area contributed by atoms with E-state index in [4.69, 9.17) is 0 Å². The zero-order chi connectivity index (χ0) is 19.8. The van der Waals surface area contributed by atoms with Crippen molar-refractivity contribution in [3.05, 3.63) is 54.1 Å². The van der Waals surface area contributed by atoms with Gasteiger partial charge >= 0.3 is 6.03 Å². The van der Waals surface area contributed by atoms with Gasteiger partial charge in [0, 0.05) is 37.3 Å². The molecule has 1 aliphatic heterocycles. The van der Waals surface area contributed by atoms with Crippen LogP contribution in [0.25, 0.3) is 5.69 Å². The number of carbonyl (C=O) groups excluding carboxylic acids is 1. The van der Waals surface area contributed by atoms with Gasteiger partial charge in [0.25, 0.3) is 0 Å². The highest BCUT2D eigenvalue weighted by molar-refractivity contribution is 5.91. The van der Waals surface area contributed by atoms with E-state index in [9.17, 15) is 9.18 Å². The molecule has 3 aromatic rings. The van der Waals surface area contributed by atoms with Crippen molar-refractivity contribution in [1.82, 2.24) is 29.9 Å². The number of hydrogen-bond acceptors (Lipinski definition) is 4. The average molecular weight is 395 g/mol. The van der Waals surface area contributed by atoms with Crippen LogP contribution in [0.5, 0.6) is 0 Å². The molecule has 9 heteroatoms. The number of amides is 2. The molecule has 2 fully saturated rings. The van der Waals surface area contributed by atoms with E-state index in [-0.39, 0.29) is 11.9 Å². The first-order valence-electron chi connectivity index (χ1n) is 9.95. The Morgan fingerprint density at radius 3 is 2.93 bits per heavy atom. The number of H-pyrrole nitrogens is 1. The Morgan fingerprint density at radius 1 is 1.24 bits per heavy atom. The minimum Gasteiger partial charge on any atom is -0.324 e. The molecule has 2 aromatic heterocycles. The zero-order valence-electron chi connectivity index (χ0n) is 15.9. The van der Waals surface area contributed by atoms with Crippen LogP contribution in [0.15, 0.2) is 36.7 Å². The van der Waals surface area contributed by atoms with E-state index in [2.05, 4.69) is 25.6 Å². The van der Waals surface area contributed by atoms with Gasteiger partial charge in [-0.05, 0) is 49.9 Å². The van der Waals surface area contributed by atoms with Gasteiger partial charge in [0.05, 0.1) is 11.4 Å². The fourth-order valence-electron chi connectivity index (χ4n) is 3.80. The molecule has 2 amide bonds. The second-order valence-corrected chi connectivity index (χ2v) is 7.68. The van der Waals surface area contributed by atoms with Gasteiger partial charge in [-0.15, -0.1) is 0 Å². The molecule has 1 aliphatic carbocycles. The summed E-state index contributed by atoms with van der Waals surface area (Å²) in [7, 11) is 0. The number of rotatable bonds is 4. The minimum atomic E-state index is -0.416. The molecule has 1 atom stereocenters. The van der Waals surface area contributed by atoms with Crippen molar-refractivity contribution in [3.63, 3.8) is 0 Å². The molecular weight excluding hydrogens is 373 g/mol. The Bertz CT molecular complexity index is 1010. The lowest BCUT2D eigenvalue weighted by atomic mass is 9.97. The molecule has 0 spiro atoms. The second kappa shape index (κ2) is 7.31. The predicted octanol–water partition coefficient (Wildman–Crippen LogP) is 3.42. The van der Waals surface area contributed by atoms with Crippen LogP contribution in [0.1, 0.15) is 49.2 Å². The van der Waals surface area contributed by atoms with E-state index >= 15 is 0 Å². The highest BCUT2D eigenvalue weighted by Crippen LogP contribution is 2.38. The second-order valence-electron chi connectivity index (χ2n) is 7.68. The first-order chi connectivity index (χ1) is 14.2. The van der Waals surface area contributed by atoms with Crippen LogP contribution >= 0.6 is 0 Å². The van der Waals surface area contributed by atoms with E-state index in [0.717, 1.165) is 24.5 Å². The lowest BCUT2D eigenvalue weighted by Crippen LogP contribution is -2.42. The summed E-state index contributed by atoms with van der Waals surface area (Å²) in [5.74, 6) is 1.96. The van der Waals surface area contributed by atoms with E-state index in [1.807, 2.05) is 0 Å².